The second-order valence-electron chi connectivity index (χ2n) is 5.88. The van der Waals surface area contributed by atoms with Crippen molar-refractivity contribution in [2.24, 2.45) is 0 Å². The molecule has 6 nitrogen and oxygen atoms in total. The van der Waals surface area contributed by atoms with Gasteiger partial charge in [0.1, 0.15) is 5.75 Å². The van der Waals surface area contributed by atoms with Gasteiger partial charge >= 0.3 is 0 Å². The lowest BCUT2D eigenvalue weighted by Gasteiger charge is -2.39. The number of para-hydroxylation sites is 2. The standard InChI is InChI=1S/C18H29N3O3/c1-4-24-17-8-6-5-7-16(17)21-12-10-20(11-13-21)15(2)18(22)19-9-14-23-3/h5-8,15H,4,9-14H2,1-3H3,(H,19,22)/t15-/m0/s1. The minimum absolute atomic E-state index is 0.0650. The van der Waals surface area contributed by atoms with Crippen molar-refractivity contribution in [3.05, 3.63) is 24.3 Å². The van der Waals surface area contributed by atoms with Crippen LogP contribution < -0.4 is 15.0 Å². The first-order valence-corrected chi connectivity index (χ1v) is 8.64. The number of benzene rings is 1. The van der Waals surface area contributed by atoms with Crippen molar-refractivity contribution >= 4 is 11.6 Å². The number of carbonyl (C=O) groups excluding carboxylic acids is 1. The molecule has 0 aliphatic carbocycles. The van der Waals surface area contributed by atoms with Crippen molar-refractivity contribution in [2.45, 2.75) is 19.9 Å². The maximum atomic E-state index is 12.2. The largest absolute Gasteiger partial charge is 0.492 e. The molecule has 0 spiro atoms. The topological polar surface area (TPSA) is 54.0 Å². The quantitative estimate of drug-likeness (QED) is 0.727. The van der Waals surface area contributed by atoms with Gasteiger partial charge in [0.05, 0.1) is 24.9 Å². The molecule has 1 amide bonds. The summed E-state index contributed by atoms with van der Waals surface area (Å²) in [5, 5.41) is 2.91. The van der Waals surface area contributed by atoms with Crippen molar-refractivity contribution in [1.29, 1.82) is 0 Å². The number of amides is 1. The number of anilines is 1. The van der Waals surface area contributed by atoms with E-state index in [0.29, 0.717) is 19.8 Å². The lowest BCUT2D eigenvalue weighted by molar-refractivity contribution is -0.126. The number of nitrogens with zero attached hydrogens (tertiary/aromatic N) is 2. The van der Waals surface area contributed by atoms with Gasteiger partial charge in [-0.25, -0.2) is 0 Å². The summed E-state index contributed by atoms with van der Waals surface area (Å²) in [4.78, 5) is 16.7. The van der Waals surface area contributed by atoms with Crippen LogP contribution in [0.15, 0.2) is 24.3 Å². The Balaban J connectivity index is 1.88. The molecule has 1 atom stereocenters. The highest BCUT2D eigenvalue weighted by Gasteiger charge is 2.26. The Labute approximate surface area is 144 Å². The smallest absolute Gasteiger partial charge is 0.237 e. The third-order valence-electron chi connectivity index (χ3n) is 4.35. The lowest BCUT2D eigenvalue weighted by Crippen LogP contribution is -2.54. The van der Waals surface area contributed by atoms with Crippen molar-refractivity contribution < 1.29 is 14.3 Å². The predicted molar refractivity (Wildman–Crippen MR) is 95.7 cm³/mol. The molecule has 24 heavy (non-hydrogen) atoms. The number of piperazine rings is 1. The van der Waals surface area contributed by atoms with Crippen molar-refractivity contribution in [3.63, 3.8) is 0 Å². The molecule has 6 heteroatoms. The van der Waals surface area contributed by atoms with Crippen LogP contribution in [0.1, 0.15) is 13.8 Å². The molecule has 1 fully saturated rings. The molecule has 1 N–H and O–H groups in total. The lowest BCUT2D eigenvalue weighted by atomic mass is 10.2. The molecule has 1 aromatic carbocycles. The van der Waals surface area contributed by atoms with Crippen LogP contribution >= 0.6 is 0 Å². The van der Waals surface area contributed by atoms with Crippen molar-refractivity contribution in [3.8, 4) is 5.75 Å². The maximum absolute atomic E-state index is 12.2. The van der Waals surface area contributed by atoms with Gasteiger partial charge in [-0.1, -0.05) is 12.1 Å². The summed E-state index contributed by atoms with van der Waals surface area (Å²) < 4.78 is 10.7. The summed E-state index contributed by atoms with van der Waals surface area (Å²) in [7, 11) is 1.63. The summed E-state index contributed by atoms with van der Waals surface area (Å²) in [6, 6.07) is 8.03. The molecule has 1 heterocycles. The molecule has 1 aliphatic rings. The number of hydrogen-bond acceptors (Lipinski definition) is 5. The molecule has 0 saturated carbocycles. The fourth-order valence-corrected chi connectivity index (χ4v) is 2.94. The summed E-state index contributed by atoms with van der Waals surface area (Å²) in [6.07, 6.45) is 0. The number of methoxy groups -OCH3 is 1. The highest BCUT2D eigenvalue weighted by atomic mass is 16.5. The summed E-state index contributed by atoms with van der Waals surface area (Å²) in [6.45, 7) is 9.22. The van der Waals surface area contributed by atoms with E-state index in [-0.39, 0.29) is 11.9 Å². The minimum atomic E-state index is -0.119. The van der Waals surface area contributed by atoms with Gasteiger partial charge in [0.15, 0.2) is 0 Å². The van der Waals surface area contributed by atoms with Gasteiger partial charge in [0.25, 0.3) is 0 Å². The van der Waals surface area contributed by atoms with E-state index >= 15 is 0 Å². The number of ether oxygens (including phenoxy) is 2. The first kappa shape index (κ1) is 18.5. The fraction of sp³-hybridized carbons (Fsp3) is 0.611. The van der Waals surface area contributed by atoms with E-state index in [2.05, 4.69) is 21.2 Å². The number of rotatable bonds is 8. The van der Waals surface area contributed by atoms with Crippen LogP contribution in [0.2, 0.25) is 0 Å². The van der Waals surface area contributed by atoms with Gasteiger partial charge in [-0.2, -0.15) is 0 Å². The average Bonchev–Trinajstić information content (AvgIpc) is 2.62. The highest BCUT2D eigenvalue weighted by Crippen LogP contribution is 2.29. The Morgan fingerprint density at radius 3 is 2.62 bits per heavy atom. The van der Waals surface area contributed by atoms with Crippen LogP contribution in [0.5, 0.6) is 5.75 Å². The zero-order valence-corrected chi connectivity index (χ0v) is 15.0. The van der Waals surface area contributed by atoms with E-state index in [1.807, 2.05) is 32.0 Å². The van der Waals surface area contributed by atoms with Gasteiger partial charge in [0, 0.05) is 39.8 Å². The molecule has 0 radical (unpaired) electrons. The second-order valence-corrected chi connectivity index (χ2v) is 5.88. The van der Waals surface area contributed by atoms with E-state index < -0.39 is 0 Å². The first-order valence-electron chi connectivity index (χ1n) is 8.64. The zero-order valence-electron chi connectivity index (χ0n) is 15.0. The van der Waals surface area contributed by atoms with Crippen LogP contribution in [0, 0.1) is 0 Å². The molecule has 0 unspecified atom stereocenters. The van der Waals surface area contributed by atoms with E-state index in [1.165, 1.54) is 0 Å². The molecular weight excluding hydrogens is 306 g/mol. The average molecular weight is 335 g/mol. The Morgan fingerprint density at radius 2 is 1.96 bits per heavy atom. The van der Waals surface area contributed by atoms with Crippen LogP contribution in [-0.4, -0.2) is 69.9 Å². The first-order chi connectivity index (χ1) is 11.7. The van der Waals surface area contributed by atoms with Gasteiger partial charge < -0.3 is 19.7 Å². The zero-order chi connectivity index (χ0) is 17.4. The Kier molecular flexibility index (Phi) is 7.34. The van der Waals surface area contributed by atoms with Gasteiger partial charge in [-0.3, -0.25) is 9.69 Å². The molecule has 2 rings (SSSR count). The third kappa shape index (κ3) is 4.85. The summed E-state index contributed by atoms with van der Waals surface area (Å²) in [5.74, 6) is 0.994. The summed E-state index contributed by atoms with van der Waals surface area (Å²) >= 11 is 0. The SMILES string of the molecule is CCOc1ccccc1N1CCN([C@@H](C)C(=O)NCCOC)CC1. The fourth-order valence-electron chi connectivity index (χ4n) is 2.94. The molecule has 0 aromatic heterocycles. The Morgan fingerprint density at radius 1 is 1.25 bits per heavy atom. The molecule has 0 bridgehead atoms. The van der Waals surface area contributed by atoms with E-state index in [1.54, 1.807) is 7.11 Å². The van der Waals surface area contributed by atoms with Crippen molar-refractivity contribution in [1.82, 2.24) is 10.2 Å². The van der Waals surface area contributed by atoms with Crippen molar-refractivity contribution in [2.75, 3.05) is 57.9 Å². The minimum Gasteiger partial charge on any atom is -0.492 e. The van der Waals surface area contributed by atoms with Crippen LogP contribution in [-0.2, 0) is 9.53 Å². The Hall–Kier alpha value is -1.79. The Bertz CT molecular complexity index is 516. The predicted octanol–water partition coefficient (Wildman–Crippen LogP) is 1.36. The third-order valence-corrected chi connectivity index (χ3v) is 4.35. The van der Waals surface area contributed by atoms with E-state index in [4.69, 9.17) is 9.47 Å². The molecular formula is C18H29N3O3. The molecule has 1 saturated heterocycles. The number of hydrogen-bond donors (Lipinski definition) is 1. The van der Waals surface area contributed by atoms with E-state index in [0.717, 1.165) is 37.6 Å². The highest BCUT2D eigenvalue weighted by molar-refractivity contribution is 5.81. The van der Waals surface area contributed by atoms with Gasteiger partial charge in [-0.05, 0) is 26.0 Å². The number of carbonyl (C=O) groups is 1. The summed E-state index contributed by atoms with van der Waals surface area (Å²) in [5.41, 5.74) is 1.14. The molecule has 134 valence electrons. The number of nitrogens with one attached hydrogen (secondary N) is 1. The van der Waals surface area contributed by atoms with E-state index in [9.17, 15) is 4.79 Å². The second kappa shape index (κ2) is 9.49. The molecule has 1 aliphatic heterocycles. The monoisotopic (exact) mass is 335 g/mol. The van der Waals surface area contributed by atoms with Gasteiger partial charge in [-0.15, -0.1) is 0 Å². The van der Waals surface area contributed by atoms with Crippen LogP contribution in [0.4, 0.5) is 5.69 Å². The maximum Gasteiger partial charge on any atom is 0.237 e. The van der Waals surface area contributed by atoms with Crippen LogP contribution in [0.25, 0.3) is 0 Å². The van der Waals surface area contributed by atoms with Crippen LogP contribution in [0.3, 0.4) is 0 Å². The van der Waals surface area contributed by atoms with Gasteiger partial charge in [0.2, 0.25) is 5.91 Å². The normalized spacial score (nSPS) is 16.7. The molecule has 1 aromatic rings.